The summed E-state index contributed by atoms with van der Waals surface area (Å²) in [4.78, 5) is 15.4. The number of carbonyl (C=O) groups is 1. The summed E-state index contributed by atoms with van der Waals surface area (Å²) in [6.45, 7) is 4.47. The SMILES string of the molecule is CCOC(=O)c1ncn(C(C)COC)c1N. The van der Waals surface area contributed by atoms with Gasteiger partial charge in [-0.25, -0.2) is 9.78 Å². The highest BCUT2D eigenvalue weighted by molar-refractivity contribution is 5.92. The topological polar surface area (TPSA) is 79.4 Å². The van der Waals surface area contributed by atoms with Crippen molar-refractivity contribution in [2.75, 3.05) is 26.1 Å². The first-order valence-electron chi connectivity index (χ1n) is 5.10. The molecule has 0 aliphatic carbocycles. The van der Waals surface area contributed by atoms with Crippen LogP contribution in [0.15, 0.2) is 6.33 Å². The number of hydrogen-bond acceptors (Lipinski definition) is 5. The molecule has 1 rings (SSSR count). The molecule has 0 saturated carbocycles. The lowest BCUT2D eigenvalue weighted by Gasteiger charge is -2.13. The van der Waals surface area contributed by atoms with Crippen LogP contribution in [0.25, 0.3) is 0 Å². The Morgan fingerprint density at radius 2 is 2.38 bits per heavy atom. The van der Waals surface area contributed by atoms with Gasteiger partial charge in [0.25, 0.3) is 0 Å². The number of nitrogens with two attached hydrogens (primary N) is 1. The van der Waals surface area contributed by atoms with Gasteiger partial charge in [0.15, 0.2) is 5.69 Å². The Hall–Kier alpha value is -1.56. The molecule has 1 aromatic rings. The van der Waals surface area contributed by atoms with E-state index in [-0.39, 0.29) is 11.7 Å². The number of nitrogen functional groups attached to an aromatic ring is 1. The van der Waals surface area contributed by atoms with E-state index >= 15 is 0 Å². The largest absolute Gasteiger partial charge is 0.461 e. The van der Waals surface area contributed by atoms with Gasteiger partial charge < -0.3 is 19.8 Å². The maximum absolute atomic E-state index is 11.5. The molecule has 6 nitrogen and oxygen atoms in total. The summed E-state index contributed by atoms with van der Waals surface area (Å²) in [5.41, 5.74) is 5.97. The van der Waals surface area contributed by atoms with Gasteiger partial charge in [-0.3, -0.25) is 0 Å². The smallest absolute Gasteiger partial charge is 0.360 e. The molecule has 0 amide bonds. The molecule has 1 heterocycles. The summed E-state index contributed by atoms with van der Waals surface area (Å²) >= 11 is 0. The monoisotopic (exact) mass is 227 g/mol. The molecule has 2 N–H and O–H groups in total. The molecule has 90 valence electrons. The number of carbonyl (C=O) groups excluding carboxylic acids is 1. The van der Waals surface area contributed by atoms with E-state index in [2.05, 4.69) is 4.98 Å². The van der Waals surface area contributed by atoms with Crippen LogP contribution in [0.3, 0.4) is 0 Å². The molecular formula is C10H17N3O3. The van der Waals surface area contributed by atoms with Crippen molar-refractivity contribution < 1.29 is 14.3 Å². The highest BCUT2D eigenvalue weighted by Crippen LogP contribution is 2.17. The number of nitrogens with zero attached hydrogens (tertiary/aromatic N) is 2. The Morgan fingerprint density at radius 1 is 1.69 bits per heavy atom. The average molecular weight is 227 g/mol. The summed E-state index contributed by atoms with van der Waals surface area (Å²) in [7, 11) is 1.61. The Kier molecular flexibility index (Phi) is 4.30. The maximum atomic E-state index is 11.5. The Bertz CT molecular complexity index is 362. The fourth-order valence-electron chi connectivity index (χ4n) is 1.40. The molecule has 16 heavy (non-hydrogen) atoms. The lowest BCUT2D eigenvalue weighted by molar-refractivity contribution is 0.0521. The molecule has 0 aliphatic heterocycles. The maximum Gasteiger partial charge on any atom is 0.360 e. The molecule has 0 aromatic carbocycles. The van der Waals surface area contributed by atoms with Crippen LogP contribution >= 0.6 is 0 Å². The first-order chi connectivity index (χ1) is 7.61. The van der Waals surface area contributed by atoms with Gasteiger partial charge in [0, 0.05) is 7.11 Å². The molecule has 6 heteroatoms. The van der Waals surface area contributed by atoms with Crippen molar-refractivity contribution >= 4 is 11.8 Å². The van der Waals surface area contributed by atoms with Gasteiger partial charge in [0.05, 0.1) is 25.6 Å². The molecule has 0 saturated heterocycles. The number of ether oxygens (including phenoxy) is 2. The van der Waals surface area contributed by atoms with Gasteiger partial charge in [-0.2, -0.15) is 0 Å². The van der Waals surface area contributed by atoms with Crippen molar-refractivity contribution in [3.05, 3.63) is 12.0 Å². The normalized spacial score (nSPS) is 12.4. The Balaban J connectivity index is 2.87. The Morgan fingerprint density at radius 3 is 2.94 bits per heavy atom. The fraction of sp³-hybridized carbons (Fsp3) is 0.600. The lowest BCUT2D eigenvalue weighted by atomic mass is 10.3. The molecule has 1 aromatic heterocycles. The molecule has 0 radical (unpaired) electrons. The third-order valence-electron chi connectivity index (χ3n) is 2.18. The molecule has 1 unspecified atom stereocenters. The van der Waals surface area contributed by atoms with Gasteiger partial charge in [-0.1, -0.05) is 0 Å². The van der Waals surface area contributed by atoms with Crippen molar-refractivity contribution in [1.29, 1.82) is 0 Å². The fourth-order valence-corrected chi connectivity index (χ4v) is 1.40. The van der Waals surface area contributed by atoms with E-state index in [0.29, 0.717) is 19.0 Å². The molecule has 0 fully saturated rings. The van der Waals surface area contributed by atoms with Crippen molar-refractivity contribution in [2.45, 2.75) is 19.9 Å². The minimum Gasteiger partial charge on any atom is -0.461 e. The third-order valence-corrected chi connectivity index (χ3v) is 2.18. The second kappa shape index (κ2) is 5.50. The van der Waals surface area contributed by atoms with E-state index in [9.17, 15) is 4.79 Å². The number of hydrogen-bond donors (Lipinski definition) is 1. The highest BCUT2D eigenvalue weighted by Gasteiger charge is 2.19. The van der Waals surface area contributed by atoms with Crippen LogP contribution in [0, 0.1) is 0 Å². The first kappa shape index (κ1) is 12.5. The van der Waals surface area contributed by atoms with E-state index in [0.717, 1.165) is 0 Å². The molecule has 1 atom stereocenters. The number of esters is 1. The van der Waals surface area contributed by atoms with E-state index in [1.54, 1.807) is 18.6 Å². The number of rotatable bonds is 5. The highest BCUT2D eigenvalue weighted by atomic mass is 16.5. The predicted molar refractivity (Wildman–Crippen MR) is 59.2 cm³/mol. The third kappa shape index (κ3) is 2.52. The summed E-state index contributed by atoms with van der Waals surface area (Å²) < 4.78 is 11.5. The predicted octanol–water partition coefficient (Wildman–Crippen LogP) is 0.849. The molecule has 0 bridgehead atoms. The summed E-state index contributed by atoms with van der Waals surface area (Å²) in [5, 5.41) is 0. The molecule has 0 spiro atoms. The van der Waals surface area contributed by atoms with Crippen LogP contribution in [0.2, 0.25) is 0 Å². The number of methoxy groups -OCH3 is 1. The van der Waals surface area contributed by atoms with E-state index in [4.69, 9.17) is 15.2 Å². The summed E-state index contributed by atoms with van der Waals surface area (Å²) in [6, 6.07) is 0.0284. The first-order valence-corrected chi connectivity index (χ1v) is 5.10. The van der Waals surface area contributed by atoms with Gasteiger partial charge in [-0.15, -0.1) is 0 Å². The van der Waals surface area contributed by atoms with E-state index < -0.39 is 5.97 Å². The quantitative estimate of drug-likeness (QED) is 0.754. The van der Waals surface area contributed by atoms with Crippen LogP contribution in [0.5, 0.6) is 0 Å². The lowest BCUT2D eigenvalue weighted by Crippen LogP contribution is -2.14. The zero-order valence-corrected chi connectivity index (χ0v) is 9.77. The van der Waals surface area contributed by atoms with Crippen LogP contribution in [-0.4, -0.2) is 35.8 Å². The van der Waals surface area contributed by atoms with Crippen LogP contribution < -0.4 is 5.73 Å². The number of aromatic nitrogens is 2. The van der Waals surface area contributed by atoms with Crippen LogP contribution in [0.1, 0.15) is 30.4 Å². The minimum absolute atomic E-state index is 0.0284. The zero-order valence-electron chi connectivity index (χ0n) is 9.77. The Labute approximate surface area is 94.4 Å². The van der Waals surface area contributed by atoms with Crippen LogP contribution in [-0.2, 0) is 9.47 Å². The number of imidazole rings is 1. The van der Waals surface area contributed by atoms with Crippen molar-refractivity contribution in [1.82, 2.24) is 9.55 Å². The van der Waals surface area contributed by atoms with Gasteiger partial charge in [0.2, 0.25) is 0 Å². The second-order valence-electron chi connectivity index (χ2n) is 3.41. The second-order valence-corrected chi connectivity index (χ2v) is 3.41. The number of anilines is 1. The molecule has 0 aliphatic rings. The van der Waals surface area contributed by atoms with Gasteiger partial charge in [0.1, 0.15) is 5.82 Å². The van der Waals surface area contributed by atoms with Crippen molar-refractivity contribution in [2.24, 2.45) is 0 Å². The average Bonchev–Trinajstić information content (AvgIpc) is 2.61. The van der Waals surface area contributed by atoms with Crippen LogP contribution in [0.4, 0.5) is 5.82 Å². The zero-order chi connectivity index (χ0) is 12.1. The standard InChI is InChI=1S/C10H17N3O3/c1-4-16-10(14)8-9(11)13(6-12-8)7(2)5-15-3/h6-7H,4-5,11H2,1-3H3. The van der Waals surface area contributed by atoms with Crippen molar-refractivity contribution in [3.8, 4) is 0 Å². The minimum atomic E-state index is -0.497. The summed E-state index contributed by atoms with van der Waals surface area (Å²) in [5.74, 6) is -0.189. The van der Waals surface area contributed by atoms with Gasteiger partial charge >= 0.3 is 5.97 Å². The molecular weight excluding hydrogens is 210 g/mol. The van der Waals surface area contributed by atoms with Gasteiger partial charge in [-0.05, 0) is 13.8 Å². The van der Waals surface area contributed by atoms with E-state index in [1.165, 1.54) is 6.33 Å². The van der Waals surface area contributed by atoms with Crippen molar-refractivity contribution in [3.63, 3.8) is 0 Å². The van der Waals surface area contributed by atoms with E-state index in [1.807, 2.05) is 6.92 Å². The summed E-state index contributed by atoms with van der Waals surface area (Å²) in [6.07, 6.45) is 1.52.